The number of nitrogens with one attached hydrogen (secondary N) is 1. The zero-order valence-electron chi connectivity index (χ0n) is 18.2. The fourth-order valence-corrected chi connectivity index (χ4v) is 4.20. The van der Waals surface area contributed by atoms with Gasteiger partial charge in [-0.05, 0) is 60.9 Å². The number of methoxy groups -OCH3 is 2. The Hall–Kier alpha value is -3.02. The van der Waals surface area contributed by atoms with E-state index in [1.165, 1.54) is 0 Å². The number of hydrogen-bond donors (Lipinski definition) is 1. The van der Waals surface area contributed by atoms with Crippen molar-refractivity contribution >= 4 is 39.9 Å². The first kappa shape index (κ1) is 22.2. The van der Waals surface area contributed by atoms with E-state index < -0.39 is 0 Å². The average molecular weight is 468 g/mol. The van der Waals surface area contributed by atoms with Gasteiger partial charge >= 0.3 is 0 Å². The second kappa shape index (κ2) is 9.23. The fourth-order valence-electron chi connectivity index (χ4n) is 3.68. The molecule has 1 aromatic heterocycles. The van der Waals surface area contributed by atoms with Crippen LogP contribution in [0.1, 0.15) is 24.4 Å². The summed E-state index contributed by atoms with van der Waals surface area (Å²) in [5.74, 6) is 2.66. The van der Waals surface area contributed by atoms with Crippen LogP contribution < -0.4 is 14.8 Å². The molecule has 4 aromatic rings. The second-order valence-corrected chi connectivity index (χ2v) is 8.37. The molecule has 0 aliphatic heterocycles. The standard InChI is InChI=1S/C25H23Cl2N3O2/c1-14(16-6-5-7-17(8-16)18-9-19(26)11-20(27)10-18)28-25-21-12-23(31-3)24(32-4)13-22(21)29-15(2)30-25/h5-14H,1-4H3,(H,28,29,30)/t14-/m1/s1. The van der Waals surface area contributed by atoms with Gasteiger partial charge in [-0.25, -0.2) is 9.97 Å². The fraction of sp³-hybridized carbons (Fsp3) is 0.200. The lowest BCUT2D eigenvalue weighted by Gasteiger charge is -2.18. The van der Waals surface area contributed by atoms with E-state index >= 15 is 0 Å². The zero-order valence-corrected chi connectivity index (χ0v) is 19.8. The van der Waals surface area contributed by atoms with Gasteiger partial charge in [0.05, 0.1) is 19.7 Å². The molecule has 7 heteroatoms. The predicted octanol–water partition coefficient (Wildman–Crippen LogP) is 7.10. The van der Waals surface area contributed by atoms with Crippen molar-refractivity contribution in [2.75, 3.05) is 19.5 Å². The Kier molecular flexibility index (Phi) is 6.40. The van der Waals surface area contributed by atoms with Crippen LogP contribution in [-0.2, 0) is 0 Å². The van der Waals surface area contributed by atoms with Gasteiger partial charge in [-0.2, -0.15) is 0 Å². The lowest BCUT2D eigenvalue weighted by atomic mass is 10.00. The number of nitrogens with zero attached hydrogens (tertiary/aromatic N) is 2. The number of rotatable bonds is 6. The summed E-state index contributed by atoms with van der Waals surface area (Å²) >= 11 is 12.4. The Bertz CT molecular complexity index is 1270. The highest BCUT2D eigenvalue weighted by molar-refractivity contribution is 6.35. The van der Waals surface area contributed by atoms with Crippen LogP contribution >= 0.6 is 23.2 Å². The summed E-state index contributed by atoms with van der Waals surface area (Å²) in [7, 11) is 3.22. The van der Waals surface area contributed by atoms with Crippen LogP contribution in [0.5, 0.6) is 11.5 Å². The Labute approximate surface area is 197 Å². The Balaban J connectivity index is 1.70. The predicted molar refractivity (Wildman–Crippen MR) is 131 cm³/mol. The molecule has 0 aliphatic rings. The third-order valence-corrected chi connectivity index (χ3v) is 5.69. The van der Waals surface area contributed by atoms with E-state index in [0.29, 0.717) is 27.4 Å². The molecule has 164 valence electrons. The number of halogens is 2. The van der Waals surface area contributed by atoms with Crippen molar-refractivity contribution in [1.82, 2.24) is 9.97 Å². The number of aromatic nitrogens is 2. The largest absolute Gasteiger partial charge is 0.493 e. The highest BCUT2D eigenvalue weighted by atomic mass is 35.5. The minimum atomic E-state index is -0.0183. The third-order valence-electron chi connectivity index (χ3n) is 5.25. The van der Waals surface area contributed by atoms with Crippen molar-refractivity contribution < 1.29 is 9.47 Å². The Morgan fingerprint density at radius 1 is 0.844 bits per heavy atom. The van der Waals surface area contributed by atoms with Gasteiger partial charge in [0.1, 0.15) is 11.6 Å². The molecular formula is C25H23Cl2N3O2. The quantitative estimate of drug-likeness (QED) is 0.327. The molecule has 4 rings (SSSR count). The van der Waals surface area contributed by atoms with Gasteiger partial charge in [0.15, 0.2) is 11.5 Å². The molecule has 5 nitrogen and oxygen atoms in total. The summed E-state index contributed by atoms with van der Waals surface area (Å²) in [5, 5.41) is 5.61. The van der Waals surface area contributed by atoms with E-state index in [0.717, 1.165) is 33.4 Å². The minimum absolute atomic E-state index is 0.0183. The molecule has 0 radical (unpaired) electrons. The van der Waals surface area contributed by atoms with Gasteiger partial charge in [-0.3, -0.25) is 0 Å². The lowest BCUT2D eigenvalue weighted by Crippen LogP contribution is -2.10. The van der Waals surface area contributed by atoms with Crippen LogP contribution in [0.4, 0.5) is 5.82 Å². The van der Waals surface area contributed by atoms with Crippen molar-refractivity contribution in [2.24, 2.45) is 0 Å². The molecule has 0 saturated heterocycles. The lowest BCUT2D eigenvalue weighted by molar-refractivity contribution is 0.356. The third kappa shape index (κ3) is 4.59. The molecule has 0 aliphatic carbocycles. The van der Waals surface area contributed by atoms with Crippen molar-refractivity contribution in [3.63, 3.8) is 0 Å². The SMILES string of the molecule is COc1cc2nc(C)nc(N[C@H](C)c3cccc(-c4cc(Cl)cc(Cl)c4)c3)c2cc1OC. The van der Waals surface area contributed by atoms with Crippen molar-refractivity contribution in [3.05, 3.63) is 76.0 Å². The first-order chi connectivity index (χ1) is 15.4. The van der Waals surface area contributed by atoms with E-state index in [1.54, 1.807) is 20.3 Å². The molecule has 0 unspecified atom stereocenters. The maximum atomic E-state index is 6.20. The topological polar surface area (TPSA) is 56.3 Å². The summed E-state index contributed by atoms with van der Waals surface area (Å²) in [6.07, 6.45) is 0. The van der Waals surface area contributed by atoms with E-state index in [1.807, 2.05) is 43.3 Å². The number of fused-ring (bicyclic) bond motifs is 1. The van der Waals surface area contributed by atoms with E-state index in [4.69, 9.17) is 32.7 Å². The summed E-state index contributed by atoms with van der Waals surface area (Å²) in [5.41, 5.74) is 3.89. The molecule has 0 amide bonds. The van der Waals surface area contributed by atoms with Gasteiger partial charge in [-0.15, -0.1) is 0 Å². The summed E-state index contributed by atoms with van der Waals surface area (Å²) < 4.78 is 10.9. The molecule has 1 heterocycles. The number of ether oxygens (including phenoxy) is 2. The average Bonchev–Trinajstić information content (AvgIpc) is 2.77. The zero-order chi connectivity index (χ0) is 22.8. The molecule has 32 heavy (non-hydrogen) atoms. The van der Waals surface area contributed by atoms with Crippen molar-refractivity contribution in [1.29, 1.82) is 0 Å². The number of hydrogen-bond acceptors (Lipinski definition) is 5. The Morgan fingerprint density at radius 3 is 2.22 bits per heavy atom. The van der Waals surface area contributed by atoms with Crippen molar-refractivity contribution in [2.45, 2.75) is 19.9 Å². The number of anilines is 1. The van der Waals surface area contributed by atoms with Crippen LogP contribution in [0.25, 0.3) is 22.0 Å². The molecule has 1 atom stereocenters. The van der Waals surface area contributed by atoms with Gasteiger partial charge in [0.2, 0.25) is 0 Å². The number of benzene rings is 3. The van der Waals surface area contributed by atoms with Crippen LogP contribution in [0, 0.1) is 6.92 Å². The van der Waals surface area contributed by atoms with Crippen LogP contribution in [0.15, 0.2) is 54.6 Å². The molecule has 0 saturated carbocycles. The first-order valence-electron chi connectivity index (χ1n) is 10.1. The maximum absolute atomic E-state index is 6.20. The van der Waals surface area contributed by atoms with Gasteiger partial charge in [0, 0.05) is 27.5 Å². The molecular weight excluding hydrogens is 445 g/mol. The van der Waals surface area contributed by atoms with Gasteiger partial charge in [0.25, 0.3) is 0 Å². The molecule has 0 spiro atoms. The number of aryl methyl sites for hydroxylation is 1. The van der Waals surface area contributed by atoms with E-state index in [2.05, 4.69) is 34.3 Å². The monoisotopic (exact) mass is 467 g/mol. The first-order valence-corrected chi connectivity index (χ1v) is 10.9. The summed E-state index contributed by atoms with van der Waals surface area (Å²) in [6.45, 7) is 3.96. The van der Waals surface area contributed by atoms with Crippen molar-refractivity contribution in [3.8, 4) is 22.6 Å². The minimum Gasteiger partial charge on any atom is -0.493 e. The highest BCUT2D eigenvalue weighted by Crippen LogP contribution is 2.35. The van der Waals surface area contributed by atoms with E-state index in [9.17, 15) is 0 Å². The smallest absolute Gasteiger partial charge is 0.162 e. The van der Waals surface area contributed by atoms with Crippen LogP contribution in [-0.4, -0.2) is 24.2 Å². The van der Waals surface area contributed by atoms with Crippen LogP contribution in [0.2, 0.25) is 10.0 Å². The van der Waals surface area contributed by atoms with E-state index in [-0.39, 0.29) is 6.04 Å². The van der Waals surface area contributed by atoms with Gasteiger partial charge in [-0.1, -0.05) is 41.4 Å². The highest BCUT2D eigenvalue weighted by Gasteiger charge is 2.15. The molecule has 3 aromatic carbocycles. The summed E-state index contributed by atoms with van der Waals surface area (Å²) in [4.78, 5) is 9.21. The van der Waals surface area contributed by atoms with Crippen LogP contribution in [0.3, 0.4) is 0 Å². The molecule has 0 fully saturated rings. The maximum Gasteiger partial charge on any atom is 0.162 e. The molecule has 0 bridgehead atoms. The normalized spacial score (nSPS) is 11.9. The summed E-state index contributed by atoms with van der Waals surface area (Å²) in [6, 6.07) is 17.6. The Morgan fingerprint density at radius 2 is 1.53 bits per heavy atom. The van der Waals surface area contributed by atoms with Gasteiger partial charge < -0.3 is 14.8 Å². The second-order valence-electron chi connectivity index (χ2n) is 7.49. The molecule has 1 N–H and O–H groups in total.